The highest BCUT2D eigenvalue weighted by atomic mass is 16.5. The van der Waals surface area contributed by atoms with E-state index in [-0.39, 0.29) is 17.1 Å². The first-order valence-electron chi connectivity index (χ1n) is 13.8. The van der Waals surface area contributed by atoms with E-state index in [0.29, 0.717) is 47.8 Å². The molecule has 0 aliphatic carbocycles. The molecule has 5 rings (SSSR count). The largest absolute Gasteiger partial charge is 0.490 e. The van der Waals surface area contributed by atoms with Crippen LogP contribution in [0.2, 0.25) is 0 Å². The fourth-order valence-electron chi connectivity index (χ4n) is 5.23. The van der Waals surface area contributed by atoms with Gasteiger partial charge in [-0.05, 0) is 94.4 Å². The van der Waals surface area contributed by atoms with Crippen LogP contribution < -0.4 is 14.9 Å². The van der Waals surface area contributed by atoms with Gasteiger partial charge in [-0.1, -0.05) is 36.4 Å². The number of benzene rings is 3. The minimum atomic E-state index is -0.589. The van der Waals surface area contributed by atoms with Crippen molar-refractivity contribution in [2.75, 3.05) is 33.8 Å². The maximum Gasteiger partial charge on any atom is 0.290 e. The Morgan fingerprint density at radius 2 is 1.68 bits per heavy atom. The lowest BCUT2D eigenvalue weighted by Gasteiger charge is -2.26. The maximum atomic E-state index is 14.0. The number of ether oxygens (including phenoxy) is 2. The summed E-state index contributed by atoms with van der Waals surface area (Å²) in [6.07, 6.45) is 0.756. The Labute approximate surface area is 234 Å². The third-order valence-corrected chi connectivity index (χ3v) is 7.41. The summed E-state index contributed by atoms with van der Waals surface area (Å²) < 4.78 is 18.3. The fourth-order valence-corrected chi connectivity index (χ4v) is 5.23. The molecule has 1 unspecified atom stereocenters. The van der Waals surface area contributed by atoms with Crippen LogP contribution in [0.5, 0.6) is 11.5 Å². The van der Waals surface area contributed by atoms with Gasteiger partial charge in [0.15, 0.2) is 16.9 Å². The van der Waals surface area contributed by atoms with Crippen LogP contribution in [-0.4, -0.2) is 49.5 Å². The summed E-state index contributed by atoms with van der Waals surface area (Å²) in [5.74, 6) is 1.04. The molecule has 2 heterocycles. The first-order chi connectivity index (χ1) is 19.3. The van der Waals surface area contributed by atoms with E-state index < -0.39 is 6.04 Å². The fraction of sp³-hybridized carbons (Fsp3) is 0.333. The van der Waals surface area contributed by atoms with Gasteiger partial charge >= 0.3 is 0 Å². The minimum absolute atomic E-state index is 0.123. The van der Waals surface area contributed by atoms with E-state index in [1.807, 2.05) is 95.5 Å². The molecule has 3 aromatic carbocycles. The average molecular weight is 541 g/mol. The quantitative estimate of drug-likeness (QED) is 0.250. The second-order valence-corrected chi connectivity index (χ2v) is 10.6. The van der Waals surface area contributed by atoms with Gasteiger partial charge in [0.2, 0.25) is 5.76 Å². The third kappa shape index (κ3) is 5.34. The molecule has 4 aromatic rings. The minimum Gasteiger partial charge on any atom is -0.490 e. The summed E-state index contributed by atoms with van der Waals surface area (Å²) in [4.78, 5) is 31.6. The number of hydrogen-bond donors (Lipinski definition) is 0. The molecule has 0 N–H and O–H groups in total. The second-order valence-electron chi connectivity index (χ2n) is 10.6. The topological polar surface area (TPSA) is 72.2 Å². The smallest absolute Gasteiger partial charge is 0.290 e. The van der Waals surface area contributed by atoms with Crippen molar-refractivity contribution in [3.8, 4) is 11.5 Å². The van der Waals surface area contributed by atoms with Gasteiger partial charge in [-0.15, -0.1) is 0 Å². The molecule has 1 aromatic heterocycles. The van der Waals surface area contributed by atoms with Gasteiger partial charge in [-0.25, -0.2) is 0 Å². The maximum absolute atomic E-state index is 14.0. The van der Waals surface area contributed by atoms with Gasteiger partial charge in [0.25, 0.3) is 5.91 Å². The normalized spacial score (nSPS) is 14.7. The summed E-state index contributed by atoms with van der Waals surface area (Å²) in [6, 6.07) is 18.7. The number of carbonyl (C=O) groups excluding carboxylic acids is 1. The first kappa shape index (κ1) is 27.5. The summed E-state index contributed by atoms with van der Waals surface area (Å²) in [5, 5.41) is 0.489. The van der Waals surface area contributed by atoms with Crippen LogP contribution in [-0.2, 0) is 6.61 Å². The SMILES string of the molecule is CCOc1cc(C2c3c(oc4cc(C)c(C)cc4c3=O)C(=O)N2CCCN(C)C)ccc1OCc1ccccc1. The van der Waals surface area contributed by atoms with E-state index in [0.717, 1.165) is 35.2 Å². The molecule has 1 aliphatic rings. The van der Waals surface area contributed by atoms with Crippen molar-refractivity contribution < 1.29 is 18.7 Å². The van der Waals surface area contributed by atoms with Gasteiger partial charge < -0.3 is 23.7 Å². The number of carbonyl (C=O) groups is 1. The molecule has 7 heteroatoms. The molecule has 0 saturated carbocycles. The van der Waals surface area contributed by atoms with Gasteiger partial charge in [-0.2, -0.15) is 0 Å². The van der Waals surface area contributed by atoms with Crippen LogP contribution in [0.25, 0.3) is 11.0 Å². The number of hydrogen-bond acceptors (Lipinski definition) is 6. The van der Waals surface area contributed by atoms with E-state index in [2.05, 4.69) is 4.90 Å². The molecule has 1 amide bonds. The highest BCUT2D eigenvalue weighted by molar-refractivity contribution is 5.99. The Morgan fingerprint density at radius 1 is 0.925 bits per heavy atom. The number of nitrogens with zero attached hydrogens (tertiary/aromatic N) is 2. The molecular formula is C33H36N2O5. The lowest BCUT2D eigenvalue weighted by atomic mass is 9.97. The van der Waals surface area contributed by atoms with Gasteiger partial charge in [0.1, 0.15) is 12.2 Å². The van der Waals surface area contributed by atoms with Crippen molar-refractivity contribution in [2.45, 2.75) is 39.8 Å². The molecule has 0 spiro atoms. The van der Waals surface area contributed by atoms with Crippen LogP contribution in [0.15, 0.2) is 69.9 Å². The number of rotatable bonds is 10. The molecule has 7 nitrogen and oxygen atoms in total. The zero-order chi connectivity index (χ0) is 28.4. The Balaban J connectivity index is 1.59. The van der Waals surface area contributed by atoms with Gasteiger partial charge in [0.05, 0.1) is 23.6 Å². The monoisotopic (exact) mass is 540 g/mol. The summed E-state index contributed by atoms with van der Waals surface area (Å²) >= 11 is 0. The molecule has 208 valence electrons. The van der Waals surface area contributed by atoms with Crippen molar-refractivity contribution in [1.82, 2.24) is 9.80 Å². The molecule has 0 saturated heterocycles. The predicted molar refractivity (Wildman–Crippen MR) is 156 cm³/mol. The van der Waals surface area contributed by atoms with Crippen LogP contribution in [0, 0.1) is 13.8 Å². The summed E-state index contributed by atoms with van der Waals surface area (Å²) in [6.45, 7) is 8.00. The van der Waals surface area contributed by atoms with Gasteiger partial charge in [0, 0.05) is 6.54 Å². The zero-order valence-corrected chi connectivity index (χ0v) is 23.8. The van der Waals surface area contributed by atoms with Crippen LogP contribution in [0.1, 0.15) is 57.8 Å². The van der Waals surface area contributed by atoms with Crippen LogP contribution in [0.3, 0.4) is 0 Å². The van der Waals surface area contributed by atoms with E-state index in [9.17, 15) is 9.59 Å². The molecule has 1 atom stereocenters. The molecule has 0 bridgehead atoms. The van der Waals surface area contributed by atoms with E-state index in [1.54, 1.807) is 4.90 Å². The lowest BCUT2D eigenvalue weighted by Crippen LogP contribution is -2.32. The average Bonchev–Trinajstić information content (AvgIpc) is 3.21. The predicted octanol–water partition coefficient (Wildman–Crippen LogP) is 5.88. The Bertz CT molecular complexity index is 1590. The van der Waals surface area contributed by atoms with Crippen molar-refractivity contribution in [1.29, 1.82) is 0 Å². The van der Waals surface area contributed by atoms with E-state index in [4.69, 9.17) is 13.9 Å². The lowest BCUT2D eigenvalue weighted by molar-refractivity contribution is 0.0722. The van der Waals surface area contributed by atoms with Crippen molar-refractivity contribution in [3.63, 3.8) is 0 Å². The number of fused-ring (bicyclic) bond motifs is 2. The molecule has 0 fully saturated rings. The van der Waals surface area contributed by atoms with E-state index >= 15 is 0 Å². The first-order valence-corrected chi connectivity index (χ1v) is 13.8. The molecular weight excluding hydrogens is 504 g/mol. The van der Waals surface area contributed by atoms with Gasteiger partial charge in [-0.3, -0.25) is 9.59 Å². The molecule has 1 aliphatic heterocycles. The van der Waals surface area contributed by atoms with E-state index in [1.165, 1.54) is 0 Å². The number of aryl methyl sites for hydroxylation is 2. The zero-order valence-electron chi connectivity index (χ0n) is 23.8. The van der Waals surface area contributed by atoms with Crippen LogP contribution in [0.4, 0.5) is 0 Å². The molecule has 40 heavy (non-hydrogen) atoms. The number of amides is 1. The summed E-state index contributed by atoms with van der Waals surface area (Å²) in [5.41, 5.74) is 4.49. The Hall–Kier alpha value is -4.10. The Morgan fingerprint density at radius 3 is 2.40 bits per heavy atom. The van der Waals surface area contributed by atoms with Crippen molar-refractivity contribution in [3.05, 3.63) is 104 Å². The Kier molecular flexibility index (Phi) is 7.94. The van der Waals surface area contributed by atoms with Crippen molar-refractivity contribution in [2.24, 2.45) is 0 Å². The third-order valence-electron chi connectivity index (χ3n) is 7.41. The summed E-state index contributed by atoms with van der Waals surface area (Å²) in [7, 11) is 4.01. The standard InChI is InChI=1S/C33H36N2O5/c1-6-38-28-19-24(13-14-26(28)39-20-23-11-8-7-9-12-23)30-29-31(36)25-17-21(2)22(3)18-27(25)40-32(29)33(37)35(30)16-10-15-34(4)5/h7-9,11-14,17-19,30H,6,10,15-16,20H2,1-5H3. The van der Waals surface area contributed by atoms with Crippen LogP contribution >= 0.6 is 0 Å². The van der Waals surface area contributed by atoms with Crippen molar-refractivity contribution >= 4 is 16.9 Å². The highest BCUT2D eigenvalue weighted by Gasteiger charge is 2.42. The molecule has 0 radical (unpaired) electrons. The second kappa shape index (κ2) is 11.6. The highest BCUT2D eigenvalue weighted by Crippen LogP contribution is 2.41.